The minimum absolute atomic E-state index is 0.668. The zero-order valence-electron chi connectivity index (χ0n) is 6.94. The SMILES string of the molecule is Brc1nc(C2CC2)n2ccncc12. The van der Waals surface area contributed by atoms with E-state index in [1.54, 1.807) is 6.20 Å². The van der Waals surface area contributed by atoms with Crippen LogP contribution in [0.4, 0.5) is 0 Å². The molecule has 1 aliphatic carbocycles. The zero-order chi connectivity index (χ0) is 8.84. The molecule has 0 N–H and O–H groups in total. The maximum absolute atomic E-state index is 4.49. The molecule has 66 valence electrons. The molecular formula is C9H8BrN3. The van der Waals surface area contributed by atoms with Crippen LogP contribution >= 0.6 is 15.9 Å². The van der Waals surface area contributed by atoms with E-state index < -0.39 is 0 Å². The van der Waals surface area contributed by atoms with Crippen molar-refractivity contribution in [1.82, 2.24) is 14.4 Å². The lowest BCUT2D eigenvalue weighted by Crippen LogP contribution is -1.91. The Labute approximate surface area is 83.9 Å². The van der Waals surface area contributed by atoms with E-state index in [1.807, 2.05) is 12.4 Å². The Kier molecular flexibility index (Phi) is 1.47. The van der Waals surface area contributed by atoms with Gasteiger partial charge in [0, 0.05) is 18.3 Å². The molecule has 3 rings (SSSR count). The molecule has 0 amide bonds. The summed E-state index contributed by atoms with van der Waals surface area (Å²) < 4.78 is 3.02. The molecular weight excluding hydrogens is 230 g/mol. The van der Waals surface area contributed by atoms with Crippen molar-refractivity contribution in [3.63, 3.8) is 0 Å². The van der Waals surface area contributed by atoms with Crippen molar-refractivity contribution in [2.24, 2.45) is 0 Å². The van der Waals surface area contributed by atoms with Crippen molar-refractivity contribution in [1.29, 1.82) is 0 Å². The Hall–Kier alpha value is -0.900. The van der Waals surface area contributed by atoms with Gasteiger partial charge in [0.25, 0.3) is 0 Å². The number of rotatable bonds is 1. The third-order valence-electron chi connectivity index (χ3n) is 2.37. The monoisotopic (exact) mass is 237 g/mol. The average molecular weight is 238 g/mol. The lowest BCUT2D eigenvalue weighted by molar-refractivity contribution is 0.913. The van der Waals surface area contributed by atoms with Crippen molar-refractivity contribution in [2.45, 2.75) is 18.8 Å². The van der Waals surface area contributed by atoms with Gasteiger partial charge in [-0.05, 0) is 28.8 Å². The normalized spacial score (nSPS) is 16.7. The molecule has 0 unspecified atom stereocenters. The number of fused-ring (bicyclic) bond motifs is 1. The van der Waals surface area contributed by atoms with Gasteiger partial charge in [-0.25, -0.2) is 4.98 Å². The quantitative estimate of drug-likeness (QED) is 0.763. The maximum atomic E-state index is 4.49. The molecule has 2 heterocycles. The minimum atomic E-state index is 0.668. The fraction of sp³-hybridized carbons (Fsp3) is 0.333. The smallest absolute Gasteiger partial charge is 0.133 e. The summed E-state index contributed by atoms with van der Waals surface area (Å²) in [5.41, 5.74) is 1.06. The number of aromatic nitrogens is 3. The molecule has 0 spiro atoms. The highest BCUT2D eigenvalue weighted by atomic mass is 79.9. The van der Waals surface area contributed by atoms with Gasteiger partial charge in [-0.15, -0.1) is 0 Å². The summed E-state index contributed by atoms with van der Waals surface area (Å²) in [6.45, 7) is 0. The van der Waals surface area contributed by atoms with Crippen molar-refractivity contribution in [3.8, 4) is 0 Å². The largest absolute Gasteiger partial charge is 0.299 e. The fourth-order valence-corrected chi connectivity index (χ4v) is 2.03. The predicted molar refractivity (Wildman–Crippen MR) is 52.7 cm³/mol. The maximum Gasteiger partial charge on any atom is 0.133 e. The molecule has 1 saturated carbocycles. The van der Waals surface area contributed by atoms with Gasteiger partial charge in [-0.1, -0.05) is 0 Å². The molecule has 1 aliphatic rings. The second kappa shape index (κ2) is 2.54. The van der Waals surface area contributed by atoms with E-state index in [0.717, 1.165) is 10.1 Å². The van der Waals surface area contributed by atoms with Gasteiger partial charge in [0.15, 0.2) is 0 Å². The molecule has 2 aromatic rings. The number of halogens is 1. The van der Waals surface area contributed by atoms with Crippen molar-refractivity contribution in [2.75, 3.05) is 0 Å². The van der Waals surface area contributed by atoms with Crippen LogP contribution in [-0.2, 0) is 0 Å². The molecule has 0 saturated heterocycles. The molecule has 2 aromatic heterocycles. The van der Waals surface area contributed by atoms with Gasteiger partial charge in [0.05, 0.1) is 11.7 Å². The van der Waals surface area contributed by atoms with Crippen LogP contribution in [0.25, 0.3) is 5.52 Å². The Morgan fingerprint density at radius 1 is 1.46 bits per heavy atom. The van der Waals surface area contributed by atoms with Crippen molar-refractivity contribution in [3.05, 3.63) is 29.0 Å². The third kappa shape index (κ3) is 1.09. The van der Waals surface area contributed by atoms with E-state index in [0.29, 0.717) is 5.92 Å². The molecule has 3 nitrogen and oxygen atoms in total. The van der Waals surface area contributed by atoms with Gasteiger partial charge in [0.2, 0.25) is 0 Å². The van der Waals surface area contributed by atoms with Crippen LogP contribution in [0, 0.1) is 0 Å². The summed E-state index contributed by atoms with van der Waals surface area (Å²) in [6, 6.07) is 0. The minimum Gasteiger partial charge on any atom is -0.299 e. The Morgan fingerprint density at radius 2 is 2.31 bits per heavy atom. The number of hydrogen-bond acceptors (Lipinski definition) is 2. The van der Waals surface area contributed by atoms with Crippen LogP contribution in [0.15, 0.2) is 23.2 Å². The molecule has 4 heteroatoms. The van der Waals surface area contributed by atoms with Crippen LogP contribution in [0.1, 0.15) is 24.6 Å². The summed E-state index contributed by atoms with van der Waals surface area (Å²) in [6.07, 6.45) is 8.15. The second-order valence-corrected chi connectivity index (χ2v) is 4.12. The molecule has 0 aliphatic heterocycles. The summed E-state index contributed by atoms with van der Waals surface area (Å²) >= 11 is 3.44. The predicted octanol–water partition coefficient (Wildman–Crippen LogP) is 2.37. The fourth-order valence-electron chi connectivity index (χ4n) is 1.55. The third-order valence-corrected chi connectivity index (χ3v) is 2.96. The molecule has 1 fully saturated rings. The first-order chi connectivity index (χ1) is 6.36. The zero-order valence-corrected chi connectivity index (χ0v) is 8.53. The average Bonchev–Trinajstić information content (AvgIpc) is 2.94. The summed E-state index contributed by atoms with van der Waals surface area (Å²) in [5.74, 6) is 1.84. The van der Waals surface area contributed by atoms with Crippen LogP contribution < -0.4 is 0 Å². The van der Waals surface area contributed by atoms with Crippen LogP contribution in [0.5, 0.6) is 0 Å². The van der Waals surface area contributed by atoms with E-state index >= 15 is 0 Å². The van der Waals surface area contributed by atoms with Crippen LogP contribution in [0.2, 0.25) is 0 Å². The van der Waals surface area contributed by atoms with Crippen molar-refractivity contribution >= 4 is 21.4 Å². The summed E-state index contributed by atoms with van der Waals surface area (Å²) in [7, 11) is 0. The molecule has 0 bridgehead atoms. The molecule has 13 heavy (non-hydrogen) atoms. The van der Waals surface area contributed by atoms with Crippen LogP contribution in [-0.4, -0.2) is 14.4 Å². The van der Waals surface area contributed by atoms with E-state index in [4.69, 9.17) is 0 Å². The highest BCUT2D eigenvalue weighted by Gasteiger charge is 2.28. The Balaban J connectivity index is 2.34. The topological polar surface area (TPSA) is 30.2 Å². The number of imidazole rings is 1. The summed E-state index contributed by atoms with van der Waals surface area (Å²) in [4.78, 5) is 8.57. The molecule has 0 aromatic carbocycles. The van der Waals surface area contributed by atoms with Gasteiger partial charge >= 0.3 is 0 Å². The van der Waals surface area contributed by atoms with Crippen LogP contribution in [0.3, 0.4) is 0 Å². The molecule has 0 radical (unpaired) electrons. The Bertz CT molecular complexity index is 459. The van der Waals surface area contributed by atoms with Gasteiger partial charge in [-0.3, -0.25) is 9.38 Å². The van der Waals surface area contributed by atoms with Gasteiger partial charge in [-0.2, -0.15) is 0 Å². The second-order valence-electron chi connectivity index (χ2n) is 3.37. The first-order valence-corrected chi connectivity index (χ1v) is 5.13. The summed E-state index contributed by atoms with van der Waals surface area (Å²) in [5, 5.41) is 0. The molecule has 0 atom stereocenters. The lowest BCUT2D eigenvalue weighted by atomic mass is 10.4. The Morgan fingerprint density at radius 3 is 3.08 bits per heavy atom. The van der Waals surface area contributed by atoms with Crippen molar-refractivity contribution < 1.29 is 0 Å². The van der Waals surface area contributed by atoms with Gasteiger partial charge < -0.3 is 0 Å². The van der Waals surface area contributed by atoms with Gasteiger partial charge in [0.1, 0.15) is 10.4 Å². The number of nitrogens with zero attached hydrogens (tertiary/aromatic N) is 3. The lowest BCUT2D eigenvalue weighted by Gasteiger charge is -1.95. The van der Waals surface area contributed by atoms with E-state index in [9.17, 15) is 0 Å². The standard InChI is InChI=1S/C9H8BrN3/c10-8-7-5-11-3-4-13(7)9(12-8)6-1-2-6/h3-6H,1-2H2. The van der Waals surface area contributed by atoms with E-state index in [-0.39, 0.29) is 0 Å². The first-order valence-electron chi connectivity index (χ1n) is 4.34. The first kappa shape index (κ1) is 7.50. The highest BCUT2D eigenvalue weighted by molar-refractivity contribution is 9.10. The van der Waals surface area contributed by atoms with E-state index in [1.165, 1.54) is 18.7 Å². The number of hydrogen-bond donors (Lipinski definition) is 0. The highest BCUT2D eigenvalue weighted by Crippen LogP contribution is 2.40. The van der Waals surface area contributed by atoms with E-state index in [2.05, 4.69) is 30.3 Å².